The SMILES string of the molecule is C[C@H](NO)c1cccc(Cl)c1. The van der Waals surface area contributed by atoms with Gasteiger partial charge in [-0.25, -0.2) is 0 Å². The summed E-state index contributed by atoms with van der Waals surface area (Å²) < 4.78 is 0. The van der Waals surface area contributed by atoms with Crippen molar-refractivity contribution in [3.63, 3.8) is 0 Å². The predicted molar refractivity (Wildman–Crippen MR) is 44.8 cm³/mol. The summed E-state index contributed by atoms with van der Waals surface area (Å²) in [7, 11) is 0. The van der Waals surface area contributed by atoms with Crippen molar-refractivity contribution in [3.8, 4) is 0 Å². The third-order valence-electron chi connectivity index (χ3n) is 1.54. The van der Waals surface area contributed by atoms with Crippen molar-refractivity contribution in [3.05, 3.63) is 34.9 Å². The molecule has 0 saturated heterocycles. The van der Waals surface area contributed by atoms with Crippen LogP contribution in [0.2, 0.25) is 5.02 Å². The molecule has 60 valence electrons. The van der Waals surface area contributed by atoms with Crippen LogP contribution in [0.5, 0.6) is 0 Å². The average Bonchev–Trinajstić information content (AvgIpc) is 2.03. The van der Waals surface area contributed by atoms with Crippen LogP contribution >= 0.6 is 11.6 Å². The fraction of sp³-hybridized carbons (Fsp3) is 0.250. The summed E-state index contributed by atoms with van der Waals surface area (Å²) in [5.41, 5.74) is 3.12. The van der Waals surface area contributed by atoms with Crippen LogP contribution < -0.4 is 5.48 Å². The van der Waals surface area contributed by atoms with Gasteiger partial charge in [-0.05, 0) is 24.6 Å². The van der Waals surface area contributed by atoms with Gasteiger partial charge in [-0.15, -0.1) is 0 Å². The zero-order valence-electron chi connectivity index (χ0n) is 6.21. The monoisotopic (exact) mass is 171 g/mol. The van der Waals surface area contributed by atoms with Crippen LogP contribution in [0.1, 0.15) is 18.5 Å². The van der Waals surface area contributed by atoms with Crippen LogP contribution in [0.15, 0.2) is 24.3 Å². The average molecular weight is 172 g/mol. The molecule has 0 heterocycles. The molecule has 0 spiro atoms. The van der Waals surface area contributed by atoms with Gasteiger partial charge < -0.3 is 5.21 Å². The standard InChI is InChI=1S/C8H10ClNO/c1-6(10-11)7-3-2-4-8(9)5-7/h2-6,10-11H,1H3/t6-/m0/s1. The highest BCUT2D eigenvalue weighted by atomic mass is 35.5. The number of hydrogen-bond donors (Lipinski definition) is 2. The summed E-state index contributed by atoms with van der Waals surface area (Å²) in [4.78, 5) is 0. The van der Waals surface area contributed by atoms with Crippen LogP contribution in [-0.4, -0.2) is 5.21 Å². The van der Waals surface area contributed by atoms with E-state index in [2.05, 4.69) is 5.48 Å². The summed E-state index contributed by atoms with van der Waals surface area (Å²) in [5, 5.41) is 9.27. The van der Waals surface area contributed by atoms with E-state index in [0.29, 0.717) is 5.02 Å². The van der Waals surface area contributed by atoms with Crippen molar-refractivity contribution < 1.29 is 5.21 Å². The lowest BCUT2D eigenvalue weighted by molar-refractivity contribution is 0.133. The predicted octanol–water partition coefficient (Wildman–Crippen LogP) is 2.38. The highest BCUT2D eigenvalue weighted by Crippen LogP contribution is 2.16. The number of halogens is 1. The van der Waals surface area contributed by atoms with Gasteiger partial charge in [0.25, 0.3) is 0 Å². The second kappa shape index (κ2) is 3.72. The highest BCUT2D eigenvalue weighted by molar-refractivity contribution is 6.30. The third-order valence-corrected chi connectivity index (χ3v) is 1.78. The molecule has 0 bridgehead atoms. The maximum Gasteiger partial charge on any atom is 0.0541 e. The van der Waals surface area contributed by atoms with Gasteiger partial charge in [0.15, 0.2) is 0 Å². The zero-order valence-corrected chi connectivity index (χ0v) is 6.97. The minimum absolute atomic E-state index is 0.0753. The van der Waals surface area contributed by atoms with E-state index in [-0.39, 0.29) is 6.04 Å². The first-order valence-corrected chi connectivity index (χ1v) is 3.77. The Labute approximate surface area is 70.8 Å². The maximum absolute atomic E-state index is 8.59. The number of hydroxylamine groups is 1. The van der Waals surface area contributed by atoms with E-state index in [0.717, 1.165) is 5.56 Å². The third kappa shape index (κ3) is 2.19. The lowest BCUT2D eigenvalue weighted by Gasteiger charge is -2.08. The summed E-state index contributed by atoms with van der Waals surface area (Å²) in [6, 6.07) is 7.30. The van der Waals surface area contributed by atoms with Crippen molar-refractivity contribution >= 4 is 11.6 Å². The topological polar surface area (TPSA) is 32.3 Å². The van der Waals surface area contributed by atoms with Crippen molar-refractivity contribution in [1.29, 1.82) is 0 Å². The molecule has 0 saturated carbocycles. The number of benzene rings is 1. The van der Waals surface area contributed by atoms with Gasteiger partial charge in [-0.3, -0.25) is 0 Å². The second-order valence-corrected chi connectivity index (χ2v) is 2.84. The molecule has 0 radical (unpaired) electrons. The Bertz CT molecular complexity index is 239. The van der Waals surface area contributed by atoms with Crippen LogP contribution in [0.3, 0.4) is 0 Å². The molecule has 2 N–H and O–H groups in total. The Kier molecular flexibility index (Phi) is 2.88. The zero-order chi connectivity index (χ0) is 8.27. The second-order valence-electron chi connectivity index (χ2n) is 2.41. The molecule has 2 nitrogen and oxygen atoms in total. The minimum Gasteiger partial charge on any atom is -0.316 e. The molecule has 0 amide bonds. The largest absolute Gasteiger partial charge is 0.316 e. The molecule has 0 aromatic heterocycles. The van der Waals surface area contributed by atoms with E-state index >= 15 is 0 Å². The van der Waals surface area contributed by atoms with Gasteiger partial charge in [0.1, 0.15) is 0 Å². The van der Waals surface area contributed by atoms with E-state index in [4.69, 9.17) is 16.8 Å². The van der Waals surface area contributed by atoms with E-state index in [1.54, 1.807) is 6.07 Å². The molecule has 0 fully saturated rings. The molecule has 0 aliphatic carbocycles. The van der Waals surface area contributed by atoms with Gasteiger partial charge in [0.2, 0.25) is 0 Å². The molecule has 11 heavy (non-hydrogen) atoms. The lowest BCUT2D eigenvalue weighted by atomic mass is 10.1. The number of rotatable bonds is 2. The van der Waals surface area contributed by atoms with Crippen molar-refractivity contribution in [1.82, 2.24) is 5.48 Å². The smallest absolute Gasteiger partial charge is 0.0541 e. The molecule has 3 heteroatoms. The molecular formula is C8H10ClNO. The van der Waals surface area contributed by atoms with E-state index in [9.17, 15) is 0 Å². The van der Waals surface area contributed by atoms with Gasteiger partial charge in [0.05, 0.1) is 6.04 Å². The van der Waals surface area contributed by atoms with Crippen molar-refractivity contribution in [2.75, 3.05) is 0 Å². The van der Waals surface area contributed by atoms with E-state index < -0.39 is 0 Å². The van der Waals surface area contributed by atoms with Gasteiger partial charge in [-0.1, -0.05) is 23.7 Å². The summed E-state index contributed by atoms with van der Waals surface area (Å²) in [6.07, 6.45) is 0. The first-order chi connectivity index (χ1) is 5.24. The van der Waals surface area contributed by atoms with E-state index in [1.807, 2.05) is 25.1 Å². The summed E-state index contributed by atoms with van der Waals surface area (Å²) in [6.45, 7) is 1.85. The van der Waals surface area contributed by atoms with Crippen LogP contribution in [0, 0.1) is 0 Å². The minimum atomic E-state index is -0.0753. The Hall–Kier alpha value is -0.570. The molecular weight excluding hydrogens is 162 g/mol. The first kappa shape index (κ1) is 8.53. The molecule has 1 aromatic rings. The molecule has 0 aliphatic heterocycles. The normalized spacial score (nSPS) is 13.0. The molecule has 1 rings (SSSR count). The number of nitrogens with one attached hydrogen (secondary N) is 1. The Balaban J connectivity index is 2.86. The van der Waals surface area contributed by atoms with Gasteiger partial charge in [-0.2, -0.15) is 5.48 Å². The van der Waals surface area contributed by atoms with Crippen LogP contribution in [-0.2, 0) is 0 Å². The lowest BCUT2D eigenvalue weighted by Crippen LogP contribution is -2.12. The Morgan fingerprint density at radius 1 is 1.55 bits per heavy atom. The number of hydrogen-bond acceptors (Lipinski definition) is 2. The van der Waals surface area contributed by atoms with Crippen molar-refractivity contribution in [2.24, 2.45) is 0 Å². The van der Waals surface area contributed by atoms with Crippen LogP contribution in [0.4, 0.5) is 0 Å². The van der Waals surface area contributed by atoms with Crippen molar-refractivity contribution in [2.45, 2.75) is 13.0 Å². The summed E-state index contributed by atoms with van der Waals surface area (Å²) >= 11 is 5.74. The molecule has 0 unspecified atom stereocenters. The maximum atomic E-state index is 8.59. The Morgan fingerprint density at radius 3 is 2.82 bits per heavy atom. The van der Waals surface area contributed by atoms with Gasteiger partial charge >= 0.3 is 0 Å². The quantitative estimate of drug-likeness (QED) is 0.670. The van der Waals surface area contributed by atoms with Crippen LogP contribution in [0.25, 0.3) is 0 Å². The Morgan fingerprint density at radius 2 is 2.27 bits per heavy atom. The molecule has 1 atom stereocenters. The highest BCUT2D eigenvalue weighted by Gasteiger charge is 2.01. The fourth-order valence-electron chi connectivity index (χ4n) is 0.850. The molecule has 1 aromatic carbocycles. The van der Waals surface area contributed by atoms with Gasteiger partial charge in [0, 0.05) is 5.02 Å². The fourth-order valence-corrected chi connectivity index (χ4v) is 1.05. The molecule has 0 aliphatic rings. The first-order valence-electron chi connectivity index (χ1n) is 3.39. The summed E-state index contributed by atoms with van der Waals surface area (Å²) in [5.74, 6) is 0. The van der Waals surface area contributed by atoms with E-state index in [1.165, 1.54) is 0 Å².